The molecule has 31 heavy (non-hydrogen) atoms. The van der Waals surface area contributed by atoms with E-state index in [4.69, 9.17) is 15.0 Å². The molecule has 0 amide bonds. The van der Waals surface area contributed by atoms with Crippen molar-refractivity contribution in [3.05, 3.63) is 65.2 Å². The lowest BCUT2D eigenvalue weighted by Gasteiger charge is -2.20. The van der Waals surface area contributed by atoms with Crippen LogP contribution in [0.25, 0.3) is 22.3 Å². The van der Waals surface area contributed by atoms with E-state index in [9.17, 15) is 4.39 Å². The van der Waals surface area contributed by atoms with Crippen LogP contribution in [0.4, 0.5) is 10.2 Å². The first-order chi connectivity index (χ1) is 14.9. The highest BCUT2D eigenvalue weighted by molar-refractivity contribution is 5.74. The predicted octanol–water partition coefficient (Wildman–Crippen LogP) is 4.47. The Morgan fingerprint density at radius 3 is 2.90 bits per heavy atom. The number of nitrogens with two attached hydrogens (primary N) is 1. The molecule has 1 atom stereocenters. The van der Waals surface area contributed by atoms with Gasteiger partial charge in [0.05, 0.1) is 17.8 Å². The largest absolute Gasteiger partial charge is 0.482 e. The van der Waals surface area contributed by atoms with E-state index in [1.165, 1.54) is 12.1 Å². The van der Waals surface area contributed by atoms with Crippen molar-refractivity contribution >= 4 is 5.82 Å². The van der Waals surface area contributed by atoms with Gasteiger partial charge in [-0.3, -0.25) is 4.68 Å². The molecule has 1 unspecified atom stereocenters. The monoisotopic (exact) mass is 419 g/mol. The Labute approximate surface area is 178 Å². The summed E-state index contributed by atoms with van der Waals surface area (Å²) in [4.78, 5) is 4.33. The molecular weight excluding hydrogens is 397 g/mol. The van der Waals surface area contributed by atoms with Crippen molar-refractivity contribution in [2.75, 3.05) is 5.73 Å². The van der Waals surface area contributed by atoms with E-state index in [0.717, 1.165) is 33.6 Å². The number of aromatic nitrogens is 4. The summed E-state index contributed by atoms with van der Waals surface area (Å²) in [6, 6.07) is 6.53. The second-order valence-corrected chi connectivity index (χ2v) is 7.72. The maximum Gasteiger partial charge on any atom is 0.166 e. The summed E-state index contributed by atoms with van der Waals surface area (Å²) in [6.07, 6.45) is 4.29. The SMILES string of the molecule is CCc1noc2c1-c1cnc(N)c(c1)OC(C)c1cc(F)ccc1-c1cn(C)nc1C2. The molecule has 2 bridgehead atoms. The minimum absolute atomic E-state index is 0.267. The summed E-state index contributed by atoms with van der Waals surface area (Å²) >= 11 is 0. The molecule has 158 valence electrons. The first-order valence-electron chi connectivity index (χ1n) is 10.2. The summed E-state index contributed by atoms with van der Waals surface area (Å²) in [5.74, 6) is 1.05. The van der Waals surface area contributed by atoms with Crippen LogP contribution in [0.2, 0.25) is 0 Å². The molecular formula is C23H22FN5O2. The lowest BCUT2D eigenvalue weighted by Crippen LogP contribution is -2.09. The standard InChI is InChI=1S/C23H22FN5O2/c1-4-18-22-13-7-21(23(25)26-10-13)30-12(2)16-8-14(24)5-6-15(16)17-11-29(3)27-19(17)9-20(22)31-28-18/h5-8,10-12H,4,9H2,1-3H3,(H2,25,26). The Hall–Kier alpha value is -3.68. The molecule has 1 aromatic carbocycles. The van der Waals surface area contributed by atoms with Crippen molar-refractivity contribution in [2.24, 2.45) is 7.05 Å². The van der Waals surface area contributed by atoms with Gasteiger partial charge in [0.25, 0.3) is 0 Å². The minimum atomic E-state index is -0.467. The first kappa shape index (κ1) is 19.3. The predicted molar refractivity (Wildman–Crippen MR) is 114 cm³/mol. The Balaban J connectivity index is 1.81. The van der Waals surface area contributed by atoms with Gasteiger partial charge in [-0.25, -0.2) is 9.37 Å². The number of rotatable bonds is 1. The highest BCUT2D eigenvalue weighted by Crippen LogP contribution is 2.39. The van der Waals surface area contributed by atoms with Crippen LogP contribution in [-0.4, -0.2) is 19.9 Å². The zero-order valence-corrected chi connectivity index (χ0v) is 17.5. The van der Waals surface area contributed by atoms with Gasteiger partial charge in [-0.1, -0.05) is 18.1 Å². The Kier molecular flexibility index (Phi) is 4.50. The maximum atomic E-state index is 14.2. The van der Waals surface area contributed by atoms with Crippen molar-refractivity contribution < 1.29 is 13.7 Å². The van der Waals surface area contributed by atoms with E-state index in [-0.39, 0.29) is 11.6 Å². The van der Waals surface area contributed by atoms with Gasteiger partial charge in [-0.2, -0.15) is 5.10 Å². The highest BCUT2D eigenvalue weighted by Gasteiger charge is 2.25. The lowest BCUT2D eigenvalue weighted by molar-refractivity contribution is 0.228. The average Bonchev–Trinajstić information content (AvgIpc) is 3.32. The number of anilines is 1. The first-order valence-corrected chi connectivity index (χ1v) is 10.2. The Morgan fingerprint density at radius 1 is 1.26 bits per heavy atom. The van der Waals surface area contributed by atoms with Gasteiger partial charge in [0, 0.05) is 41.7 Å². The van der Waals surface area contributed by atoms with Crippen LogP contribution in [-0.2, 0) is 19.9 Å². The van der Waals surface area contributed by atoms with Crippen LogP contribution < -0.4 is 10.5 Å². The normalized spacial score (nSPS) is 15.2. The molecule has 0 saturated heterocycles. The topological polar surface area (TPSA) is 92.0 Å². The number of benzene rings is 1. The van der Waals surface area contributed by atoms with Gasteiger partial charge < -0.3 is 15.0 Å². The van der Waals surface area contributed by atoms with Crippen molar-refractivity contribution in [1.82, 2.24) is 19.9 Å². The highest BCUT2D eigenvalue weighted by atomic mass is 19.1. The smallest absolute Gasteiger partial charge is 0.166 e. The van der Waals surface area contributed by atoms with Crippen molar-refractivity contribution in [1.29, 1.82) is 0 Å². The summed E-state index contributed by atoms with van der Waals surface area (Å²) in [7, 11) is 1.86. The third-order valence-electron chi connectivity index (χ3n) is 5.62. The minimum Gasteiger partial charge on any atom is -0.482 e. The van der Waals surface area contributed by atoms with E-state index in [0.29, 0.717) is 29.9 Å². The lowest BCUT2D eigenvalue weighted by atomic mass is 9.94. The second-order valence-electron chi connectivity index (χ2n) is 7.72. The molecule has 0 radical (unpaired) electrons. The molecule has 4 aromatic rings. The van der Waals surface area contributed by atoms with Crippen LogP contribution in [0.5, 0.6) is 5.75 Å². The van der Waals surface area contributed by atoms with Gasteiger partial charge in [0.2, 0.25) is 0 Å². The third-order valence-corrected chi connectivity index (χ3v) is 5.62. The van der Waals surface area contributed by atoms with Gasteiger partial charge in [0.1, 0.15) is 11.9 Å². The van der Waals surface area contributed by atoms with Gasteiger partial charge in [-0.15, -0.1) is 0 Å². The molecule has 0 spiro atoms. The van der Waals surface area contributed by atoms with E-state index >= 15 is 0 Å². The van der Waals surface area contributed by atoms with E-state index in [1.807, 2.05) is 33.2 Å². The number of nitrogen functional groups attached to an aromatic ring is 1. The van der Waals surface area contributed by atoms with Crippen molar-refractivity contribution in [2.45, 2.75) is 32.8 Å². The zero-order chi connectivity index (χ0) is 21.7. The summed E-state index contributed by atoms with van der Waals surface area (Å²) in [6.45, 7) is 3.89. The number of fused-ring (bicyclic) bond motifs is 7. The number of halogens is 1. The second kappa shape index (κ2) is 7.23. The Morgan fingerprint density at radius 2 is 2.10 bits per heavy atom. The average molecular weight is 419 g/mol. The zero-order valence-electron chi connectivity index (χ0n) is 17.5. The van der Waals surface area contributed by atoms with Gasteiger partial charge in [-0.05, 0) is 37.1 Å². The van der Waals surface area contributed by atoms with Crippen LogP contribution in [0.1, 0.15) is 42.7 Å². The summed E-state index contributed by atoms with van der Waals surface area (Å²) in [5, 5.41) is 8.94. The molecule has 8 heteroatoms. The molecule has 0 fully saturated rings. The van der Waals surface area contributed by atoms with E-state index in [1.54, 1.807) is 16.9 Å². The molecule has 7 nitrogen and oxygen atoms in total. The number of ether oxygens (including phenoxy) is 1. The van der Waals surface area contributed by atoms with Gasteiger partial charge in [0.15, 0.2) is 17.3 Å². The molecule has 0 aliphatic carbocycles. The fourth-order valence-electron chi connectivity index (χ4n) is 4.15. The molecule has 4 heterocycles. The third kappa shape index (κ3) is 3.24. The number of hydrogen-bond donors (Lipinski definition) is 1. The van der Waals surface area contributed by atoms with Gasteiger partial charge >= 0.3 is 0 Å². The fraction of sp³-hybridized carbons (Fsp3) is 0.261. The number of hydrogen-bond acceptors (Lipinski definition) is 6. The van der Waals surface area contributed by atoms with E-state index in [2.05, 4.69) is 15.2 Å². The quantitative estimate of drug-likeness (QED) is 0.490. The van der Waals surface area contributed by atoms with E-state index < -0.39 is 6.10 Å². The molecule has 1 aliphatic heterocycles. The van der Waals surface area contributed by atoms with Crippen molar-refractivity contribution in [3.8, 4) is 28.0 Å². The maximum absolute atomic E-state index is 14.2. The number of pyridine rings is 1. The molecule has 2 N–H and O–H groups in total. The van der Waals surface area contributed by atoms with Crippen LogP contribution >= 0.6 is 0 Å². The summed E-state index contributed by atoms with van der Waals surface area (Å²) < 4.78 is 27.9. The fourth-order valence-corrected chi connectivity index (χ4v) is 4.15. The van der Waals surface area contributed by atoms with Crippen LogP contribution in [0, 0.1) is 5.82 Å². The number of aryl methyl sites for hydroxylation is 2. The molecule has 0 saturated carbocycles. The summed E-state index contributed by atoms with van der Waals surface area (Å²) in [5.41, 5.74) is 11.9. The number of nitrogens with zero attached hydrogens (tertiary/aromatic N) is 4. The van der Waals surface area contributed by atoms with Crippen molar-refractivity contribution in [3.63, 3.8) is 0 Å². The molecule has 1 aliphatic rings. The molecule has 5 rings (SSSR count). The van der Waals surface area contributed by atoms with Crippen LogP contribution in [0.15, 0.2) is 41.2 Å². The molecule has 3 aromatic heterocycles. The Bertz CT molecular complexity index is 1290. The van der Waals surface area contributed by atoms with Crippen LogP contribution in [0.3, 0.4) is 0 Å².